The molecule has 7 heteroatoms. The summed E-state index contributed by atoms with van der Waals surface area (Å²) in [5.74, 6) is -0.0570. The fourth-order valence-electron chi connectivity index (χ4n) is 2.09. The third-order valence-electron chi connectivity index (χ3n) is 3.30. The van der Waals surface area contributed by atoms with E-state index in [-0.39, 0.29) is 11.9 Å². The van der Waals surface area contributed by atoms with Crippen LogP contribution in [0.25, 0.3) is 0 Å². The molecule has 0 saturated heterocycles. The molecule has 112 valence electrons. The number of carbonyl (C=O) groups excluding carboxylic acids is 1. The van der Waals surface area contributed by atoms with E-state index >= 15 is 0 Å². The molecule has 0 radical (unpaired) electrons. The first-order valence-corrected chi connectivity index (χ1v) is 6.87. The Labute approximate surface area is 127 Å². The number of aryl methyl sites for hydroxylation is 2. The van der Waals surface area contributed by atoms with E-state index in [4.69, 9.17) is 0 Å². The zero-order valence-corrected chi connectivity index (χ0v) is 12.4. The van der Waals surface area contributed by atoms with Gasteiger partial charge in [0.05, 0.1) is 6.54 Å². The van der Waals surface area contributed by atoms with Crippen LogP contribution in [-0.2, 0) is 13.6 Å². The first-order chi connectivity index (χ1) is 10.6. The lowest BCUT2D eigenvalue weighted by Crippen LogP contribution is -2.14. The van der Waals surface area contributed by atoms with Crippen LogP contribution in [0.15, 0.2) is 42.9 Å². The normalized spacial score (nSPS) is 10.6. The molecule has 7 nitrogen and oxygen atoms in total. The van der Waals surface area contributed by atoms with Crippen LogP contribution in [0.4, 0.5) is 5.95 Å². The van der Waals surface area contributed by atoms with Gasteiger partial charge in [-0.05, 0) is 24.1 Å². The van der Waals surface area contributed by atoms with Crippen LogP contribution in [0.5, 0.6) is 0 Å². The van der Waals surface area contributed by atoms with Crippen molar-refractivity contribution in [1.29, 1.82) is 0 Å². The second kappa shape index (κ2) is 5.80. The molecule has 0 atom stereocenters. The molecule has 0 aliphatic carbocycles. The summed E-state index contributed by atoms with van der Waals surface area (Å²) < 4.78 is 3.26. The number of benzene rings is 1. The van der Waals surface area contributed by atoms with Crippen LogP contribution in [0.2, 0.25) is 0 Å². The molecule has 3 aromatic rings. The molecule has 0 unspecified atom stereocenters. The topological polar surface area (TPSA) is 77.6 Å². The van der Waals surface area contributed by atoms with E-state index in [2.05, 4.69) is 33.5 Å². The van der Waals surface area contributed by atoms with Crippen LogP contribution in [0.1, 0.15) is 21.6 Å². The van der Waals surface area contributed by atoms with Crippen molar-refractivity contribution in [2.24, 2.45) is 7.05 Å². The van der Waals surface area contributed by atoms with Gasteiger partial charge in [0.2, 0.25) is 5.95 Å². The summed E-state index contributed by atoms with van der Waals surface area (Å²) in [6, 6.07) is 9.72. The van der Waals surface area contributed by atoms with Crippen molar-refractivity contribution in [3.05, 3.63) is 59.7 Å². The molecule has 22 heavy (non-hydrogen) atoms. The van der Waals surface area contributed by atoms with Crippen LogP contribution in [0.3, 0.4) is 0 Å². The molecule has 1 aromatic carbocycles. The van der Waals surface area contributed by atoms with Gasteiger partial charge >= 0.3 is 0 Å². The van der Waals surface area contributed by atoms with Gasteiger partial charge in [-0.1, -0.05) is 24.3 Å². The lowest BCUT2D eigenvalue weighted by atomic mass is 10.1. The Balaban J connectivity index is 1.69. The average Bonchev–Trinajstić information content (AvgIpc) is 3.11. The van der Waals surface area contributed by atoms with E-state index in [0.29, 0.717) is 12.2 Å². The van der Waals surface area contributed by atoms with Gasteiger partial charge in [-0.15, -0.1) is 5.10 Å². The standard InChI is InChI=1S/C15H16N6O/c1-11-5-3-4-6-12(11)9-21-10-16-15(19-21)17-14(22)13-7-8-20(2)18-13/h3-8,10H,9H2,1-2H3,(H,17,19,22). The van der Waals surface area contributed by atoms with Crippen molar-refractivity contribution in [1.82, 2.24) is 24.5 Å². The zero-order chi connectivity index (χ0) is 15.5. The molecule has 0 bridgehead atoms. The molecule has 0 fully saturated rings. The van der Waals surface area contributed by atoms with Crippen LogP contribution in [-0.4, -0.2) is 30.5 Å². The van der Waals surface area contributed by atoms with Crippen molar-refractivity contribution >= 4 is 11.9 Å². The maximum Gasteiger partial charge on any atom is 0.278 e. The second-order valence-electron chi connectivity index (χ2n) is 5.02. The van der Waals surface area contributed by atoms with Gasteiger partial charge in [0, 0.05) is 13.2 Å². The molecular weight excluding hydrogens is 280 g/mol. The van der Waals surface area contributed by atoms with Crippen LogP contribution < -0.4 is 5.32 Å². The average molecular weight is 296 g/mol. The molecule has 0 aliphatic heterocycles. The first kappa shape index (κ1) is 14.0. The number of hydrogen-bond donors (Lipinski definition) is 1. The highest BCUT2D eigenvalue weighted by atomic mass is 16.2. The Bertz CT molecular complexity index is 804. The summed E-state index contributed by atoms with van der Waals surface area (Å²) in [4.78, 5) is 16.1. The number of nitrogens with one attached hydrogen (secondary N) is 1. The smallest absolute Gasteiger partial charge is 0.278 e. The lowest BCUT2D eigenvalue weighted by molar-refractivity contribution is 0.102. The van der Waals surface area contributed by atoms with Crippen LogP contribution in [0, 0.1) is 6.92 Å². The van der Waals surface area contributed by atoms with E-state index < -0.39 is 0 Å². The summed E-state index contributed by atoms with van der Waals surface area (Å²) in [5.41, 5.74) is 2.69. The highest BCUT2D eigenvalue weighted by molar-refractivity contribution is 6.01. The summed E-state index contributed by atoms with van der Waals surface area (Å²) in [6.07, 6.45) is 3.31. The van der Waals surface area contributed by atoms with Gasteiger partial charge in [0.25, 0.3) is 5.91 Å². The molecule has 0 aliphatic rings. The van der Waals surface area contributed by atoms with Crippen molar-refractivity contribution in [2.75, 3.05) is 5.32 Å². The Hall–Kier alpha value is -2.96. The first-order valence-electron chi connectivity index (χ1n) is 6.87. The van der Waals surface area contributed by atoms with E-state index in [9.17, 15) is 4.79 Å². The third kappa shape index (κ3) is 3.03. The number of nitrogens with zero attached hydrogens (tertiary/aromatic N) is 5. The Morgan fingerprint density at radius 2 is 2.05 bits per heavy atom. The minimum absolute atomic E-state index is 0.268. The quantitative estimate of drug-likeness (QED) is 0.793. The van der Waals surface area contributed by atoms with Crippen molar-refractivity contribution in [2.45, 2.75) is 13.5 Å². The van der Waals surface area contributed by atoms with Gasteiger partial charge in [0.1, 0.15) is 6.33 Å². The predicted molar refractivity (Wildman–Crippen MR) is 81.5 cm³/mol. The Morgan fingerprint density at radius 3 is 2.77 bits per heavy atom. The monoisotopic (exact) mass is 296 g/mol. The van der Waals surface area contributed by atoms with Gasteiger partial charge in [-0.2, -0.15) is 5.10 Å². The molecule has 0 spiro atoms. The lowest BCUT2D eigenvalue weighted by Gasteiger charge is -2.04. The SMILES string of the molecule is Cc1ccccc1Cn1cnc(NC(=O)c2ccn(C)n2)n1. The third-order valence-corrected chi connectivity index (χ3v) is 3.30. The van der Waals surface area contributed by atoms with Crippen LogP contribution >= 0.6 is 0 Å². The molecule has 3 rings (SSSR count). The maximum atomic E-state index is 12.0. The second-order valence-corrected chi connectivity index (χ2v) is 5.02. The van der Waals surface area contributed by atoms with Crippen molar-refractivity contribution in [3.8, 4) is 0 Å². The zero-order valence-electron chi connectivity index (χ0n) is 12.4. The Kier molecular flexibility index (Phi) is 3.69. The van der Waals surface area contributed by atoms with Gasteiger partial charge < -0.3 is 0 Å². The maximum absolute atomic E-state index is 12.0. The summed E-state index contributed by atoms with van der Waals surface area (Å²) in [7, 11) is 1.76. The van der Waals surface area contributed by atoms with E-state index in [0.717, 1.165) is 5.56 Å². The van der Waals surface area contributed by atoms with E-state index in [1.807, 2.05) is 18.2 Å². The van der Waals surface area contributed by atoms with Crippen molar-refractivity contribution < 1.29 is 4.79 Å². The molecule has 0 saturated carbocycles. The minimum atomic E-state index is -0.325. The highest BCUT2D eigenvalue weighted by Gasteiger charge is 2.11. The number of amides is 1. The molecule has 1 N–H and O–H groups in total. The van der Waals surface area contributed by atoms with E-state index in [1.54, 1.807) is 35.0 Å². The van der Waals surface area contributed by atoms with Gasteiger partial charge in [-0.25, -0.2) is 9.67 Å². The summed E-state index contributed by atoms with van der Waals surface area (Å²) >= 11 is 0. The molecule has 2 aromatic heterocycles. The molecular formula is C15H16N6O. The Morgan fingerprint density at radius 1 is 1.23 bits per heavy atom. The number of hydrogen-bond acceptors (Lipinski definition) is 4. The predicted octanol–water partition coefficient (Wildman–Crippen LogP) is 1.62. The fraction of sp³-hybridized carbons (Fsp3) is 0.200. The number of carbonyl (C=O) groups is 1. The number of rotatable bonds is 4. The summed E-state index contributed by atoms with van der Waals surface area (Å²) in [6.45, 7) is 2.66. The molecule has 1 amide bonds. The number of anilines is 1. The minimum Gasteiger partial charge on any atom is -0.288 e. The molecule has 2 heterocycles. The van der Waals surface area contributed by atoms with Gasteiger partial charge in [-0.3, -0.25) is 14.8 Å². The number of aromatic nitrogens is 5. The van der Waals surface area contributed by atoms with Gasteiger partial charge in [0.15, 0.2) is 5.69 Å². The largest absolute Gasteiger partial charge is 0.288 e. The highest BCUT2D eigenvalue weighted by Crippen LogP contribution is 2.09. The fourth-order valence-corrected chi connectivity index (χ4v) is 2.09. The van der Waals surface area contributed by atoms with Crippen molar-refractivity contribution in [3.63, 3.8) is 0 Å². The summed E-state index contributed by atoms with van der Waals surface area (Å²) in [5, 5.41) is 10.9. The van der Waals surface area contributed by atoms with E-state index in [1.165, 1.54) is 5.56 Å².